The summed E-state index contributed by atoms with van der Waals surface area (Å²) in [6.07, 6.45) is -0.670. The van der Waals surface area contributed by atoms with Gasteiger partial charge in [-0.2, -0.15) is 0 Å². The molecule has 2 aromatic carbocycles. The Balaban J connectivity index is 1.60. The van der Waals surface area contributed by atoms with Gasteiger partial charge in [-0.1, -0.05) is 68.4 Å². The molecule has 4 rings (SSSR count). The summed E-state index contributed by atoms with van der Waals surface area (Å²) in [4.78, 5) is 31.6. The first-order valence-electron chi connectivity index (χ1n) is 9.87. The van der Waals surface area contributed by atoms with E-state index in [1.165, 1.54) is 4.90 Å². The molecule has 1 amide bonds. The van der Waals surface area contributed by atoms with Gasteiger partial charge < -0.3 is 10.5 Å². The van der Waals surface area contributed by atoms with Gasteiger partial charge in [0.25, 0.3) is 5.91 Å². The van der Waals surface area contributed by atoms with Crippen molar-refractivity contribution < 1.29 is 14.3 Å². The van der Waals surface area contributed by atoms with Gasteiger partial charge >= 0.3 is 0 Å². The van der Waals surface area contributed by atoms with E-state index in [2.05, 4.69) is 4.98 Å². The molecule has 1 aliphatic heterocycles. The highest BCUT2D eigenvalue weighted by molar-refractivity contribution is 6.08. The topological polar surface area (TPSA) is 85.5 Å². The molecule has 6 heteroatoms. The maximum atomic E-state index is 13.0. The molecule has 0 bridgehead atoms. The lowest BCUT2D eigenvalue weighted by molar-refractivity contribution is -0.128. The maximum absolute atomic E-state index is 13.0. The van der Waals surface area contributed by atoms with Gasteiger partial charge in [0.05, 0.1) is 6.54 Å². The minimum absolute atomic E-state index is 0.0500. The smallest absolute Gasteiger partial charge is 0.270 e. The number of nitrogens with two attached hydrogens (primary N) is 1. The van der Waals surface area contributed by atoms with Crippen LogP contribution in [0.4, 0.5) is 11.6 Å². The lowest BCUT2D eigenvalue weighted by Crippen LogP contribution is -2.50. The third-order valence-electron chi connectivity index (χ3n) is 5.10. The number of ketones is 1. The lowest BCUT2D eigenvalue weighted by Gasteiger charge is -2.34. The maximum Gasteiger partial charge on any atom is 0.270 e. The predicted molar refractivity (Wildman–Crippen MR) is 116 cm³/mol. The van der Waals surface area contributed by atoms with Crippen molar-refractivity contribution in [2.45, 2.75) is 20.0 Å². The van der Waals surface area contributed by atoms with Crippen LogP contribution in [0.25, 0.3) is 11.1 Å². The summed E-state index contributed by atoms with van der Waals surface area (Å²) in [5.74, 6) is 0.483. The van der Waals surface area contributed by atoms with Crippen LogP contribution in [-0.4, -0.2) is 29.3 Å². The number of carbonyl (C=O) groups excluding carboxylic acids is 2. The molecule has 1 unspecified atom stereocenters. The zero-order valence-electron chi connectivity index (χ0n) is 16.9. The largest absolute Gasteiger partial charge is 0.476 e. The number of rotatable bonds is 5. The molecule has 6 nitrogen and oxygen atoms in total. The van der Waals surface area contributed by atoms with E-state index in [-0.39, 0.29) is 35.8 Å². The zero-order chi connectivity index (χ0) is 21.3. The van der Waals surface area contributed by atoms with Crippen LogP contribution < -0.4 is 15.4 Å². The number of pyridine rings is 1. The van der Waals surface area contributed by atoms with E-state index in [1.54, 1.807) is 24.3 Å². The van der Waals surface area contributed by atoms with Gasteiger partial charge in [0.1, 0.15) is 5.82 Å². The predicted octanol–water partition coefficient (Wildman–Crippen LogP) is 3.96. The summed E-state index contributed by atoms with van der Waals surface area (Å²) in [5, 5.41) is 0. The third kappa shape index (κ3) is 3.76. The van der Waals surface area contributed by atoms with Gasteiger partial charge in [-0.25, -0.2) is 4.98 Å². The van der Waals surface area contributed by atoms with Crippen molar-refractivity contribution in [2.75, 3.05) is 17.2 Å². The van der Waals surface area contributed by atoms with E-state index >= 15 is 0 Å². The average molecular weight is 401 g/mol. The quantitative estimate of drug-likeness (QED) is 0.654. The van der Waals surface area contributed by atoms with Crippen LogP contribution in [0.15, 0.2) is 66.7 Å². The summed E-state index contributed by atoms with van der Waals surface area (Å²) in [6, 6.07) is 20.6. The Morgan fingerprint density at radius 1 is 1.03 bits per heavy atom. The van der Waals surface area contributed by atoms with Gasteiger partial charge in [0.15, 0.2) is 23.5 Å². The molecule has 152 valence electrons. The van der Waals surface area contributed by atoms with Crippen molar-refractivity contribution >= 4 is 23.3 Å². The number of nitrogens with zero attached hydrogens (tertiary/aromatic N) is 2. The Morgan fingerprint density at radius 3 is 2.37 bits per heavy atom. The lowest BCUT2D eigenvalue weighted by atomic mass is 10.0. The van der Waals surface area contributed by atoms with Crippen molar-refractivity contribution in [3.05, 3.63) is 72.3 Å². The van der Waals surface area contributed by atoms with E-state index in [0.717, 1.165) is 11.1 Å². The molecule has 0 saturated heterocycles. The third-order valence-corrected chi connectivity index (χ3v) is 5.10. The molecule has 1 aliphatic rings. The van der Waals surface area contributed by atoms with Crippen molar-refractivity contribution in [2.24, 2.45) is 5.92 Å². The second-order valence-corrected chi connectivity index (χ2v) is 7.63. The molecule has 1 atom stereocenters. The van der Waals surface area contributed by atoms with Crippen LogP contribution >= 0.6 is 0 Å². The van der Waals surface area contributed by atoms with Gasteiger partial charge in [0.2, 0.25) is 0 Å². The number of hydrogen-bond acceptors (Lipinski definition) is 5. The fourth-order valence-corrected chi connectivity index (χ4v) is 3.47. The summed E-state index contributed by atoms with van der Waals surface area (Å²) in [5.41, 5.74) is 8.44. The molecule has 0 fully saturated rings. The Labute approximate surface area is 175 Å². The van der Waals surface area contributed by atoms with Gasteiger partial charge in [0, 0.05) is 5.56 Å². The molecular weight excluding hydrogens is 378 g/mol. The van der Waals surface area contributed by atoms with E-state index in [1.807, 2.05) is 56.3 Å². The van der Waals surface area contributed by atoms with Gasteiger partial charge in [-0.15, -0.1) is 0 Å². The van der Waals surface area contributed by atoms with Crippen LogP contribution in [0.1, 0.15) is 24.2 Å². The first-order chi connectivity index (χ1) is 14.4. The minimum atomic E-state index is -0.670. The monoisotopic (exact) mass is 401 g/mol. The number of benzene rings is 2. The van der Waals surface area contributed by atoms with Crippen LogP contribution in [0.5, 0.6) is 5.75 Å². The van der Waals surface area contributed by atoms with E-state index in [9.17, 15) is 9.59 Å². The van der Waals surface area contributed by atoms with Gasteiger partial charge in [-0.3, -0.25) is 14.5 Å². The van der Waals surface area contributed by atoms with Gasteiger partial charge in [-0.05, 0) is 29.2 Å². The Hall–Kier alpha value is -3.67. The van der Waals surface area contributed by atoms with E-state index < -0.39 is 6.10 Å². The standard InChI is InChI=1S/C24H23N3O3/c1-15(2)22-24(29)27(23-20(30-22)12-13-21(25)26-23)14-19(28)18-10-8-17(9-11-18)16-6-4-3-5-7-16/h3-13,15,22H,14H2,1-2H3,(H2,25,26). The minimum Gasteiger partial charge on any atom is -0.476 e. The van der Waals surface area contributed by atoms with E-state index in [0.29, 0.717) is 11.3 Å². The number of Topliss-reactive ketones (excluding diaryl/α,β-unsaturated/α-hetero) is 1. The fraction of sp³-hybridized carbons (Fsp3) is 0.208. The van der Waals surface area contributed by atoms with Crippen LogP contribution in [0, 0.1) is 5.92 Å². The molecule has 1 aromatic heterocycles. The summed E-state index contributed by atoms with van der Waals surface area (Å²) in [7, 11) is 0. The number of nitrogen functional groups attached to an aromatic ring is 1. The first-order valence-corrected chi connectivity index (χ1v) is 9.87. The SMILES string of the molecule is CC(C)C1Oc2ccc(N)nc2N(CC(=O)c2ccc(-c3ccccc3)cc2)C1=O. The first kappa shape index (κ1) is 19.6. The molecule has 0 saturated carbocycles. The Morgan fingerprint density at radius 2 is 1.70 bits per heavy atom. The van der Waals surface area contributed by atoms with Crippen molar-refractivity contribution in [1.82, 2.24) is 4.98 Å². The Bertz CT molecular complexity index is 1080. The number of anilines is 2. The second kappa shape index (κ2) is 7.99. The number of aromatic nitrogens is 1. The summed E-state index contributed by atoms with van der Waals surface area (Å²) < 4.78 is 5.82. The van der Waals surface area contributed by atoms with Crippen LogP contribution in [0.2, 0.25) is 0 Å². The molecule has 0 aliphatic carbocycles. The fourth-order valence-electron chi connectivity index (χ4n) is 3.47. The summed E-state index contributed by atoms with van der Waals surface area (Å²) >= 11 is 0. The summed E-state index contributed by atoms with van der Waals surface area (Å²) in [6.45, 7) is 3.68. The highest BCUT2D eigenvalue weighted by atomic mass is 16.5. The Kier molecular flexibility index (Phi) is 5.23. The number of hydrogen-bond donors (Lipinski definition) is 1. The number of fused-ring (bicyclic) bond motifs is 1. The van der Waals surface area contributed by atoms with Crippen LogP contribution in [-0.2, 0) is 4.79 Å². The van der Waals surface area contributed by atoms with Crippen molar-refractivity contribution in [3.8, 4) is 16.9 Å². The molecule has 2 heterocycles. The van der Waals surface area contributed by atoms with E-state index in [4.69, 9.17) is 10.5 Å². The second-order valence-electron chi connectivity index (χ2n) is 7.63. The number of amides is 1. The molecule has 0 spiro atoms. The average Bonchev–Trinajstić information content (AvgIpc) is 2.76. The molecule has 2 N–H and O–H groups in total. The van der Waals surface area contributed by atoms with Crippen molar-refractivity contribution in [3.63, 3.8) is 0 Å². The molecule has 0 radical (unpaired) electrons. The normalized spacial score (nSPS) is 15.6. The highest BCUT2D eigenvalue weighted by Gasteiger charge is 2.38. The molecule has 30 heavy (non-hydrogen) atoms. The number of carbonyl (C=O) groups is 2. The van der Waals surface area contributed by atoms with Crippen LogP contribution in [0.3, 0.4) is 0 Å². The van der Waals surface area contributed by atoms with Crippen molar-refractivity contribution in [1.29, 1.82) is 0 Å². The molecular formula is C24H23N3O3. The molecule has 3 aromatic rings. The zero-order valence-corrected chi connectivity index (χ0v) is 16.9. The number of ether oxygens (including phenoxy) is 1. The highest BCUT2D eigenvalue weighted by Crippen LogP contribution is 2.35.